The van der Waals surface area contributed by atoms with Crippen LogP contribution in [-0.2, 0) is 10.2 Å². The molecule has 4 rings (SSSR count). The number of nitriles is 1. The van der Waals surface area contributed by atoms with Gasteiger partial charge >= 0.3 is 6.09 Å². The third-order valence-electron chi connectivity index (χ3n) is 8.10. The van der Waals surface area contributed by atoms with Gasteiger partial charge in [0.15, 0.2) is 0 Å². The molecular weight excluding hydrogens is 480 g/mol. The minimum atomic E-state index is -0.673. The van der Waals surface area contributed by atoms with E-state index in [4.69, 9.17) is 4.74 Å². The van der Waals surface area contributed by atoms with E-state index in [2.05, 4.69) is 77.1 Å². The lowest BCUT2D eigenvalue weighted by Gasteiger charge is -2.46. The van der Waals surface area contributed by atoms with Gasteiger partial charge in [-0.15, -0.1) is 12.6 Å². The Morgan fingerprint density at radius 3 is 2.43 bits per heavy atom. The fourth-order valence-electron chi connectivity index (χ4n) is 6.08. The van der Waals surface area contributed by atoms with Gasteiger partial charge < -0.3 is 19.9 Å². The van der Waals surface area contributed by atoms with Crippen LogP contribution in [0.3, 0.4) is 0 Å². The second kappa shape index (κ2) is 12.7. The topological polar surface area (TPSA) is 68.6 Å². The molecule has 1 N–H and O–H groups in total. The van der Waals surface area contributed by atoms with Crippen LogP contribution >= 0.6 is 12.6 Å². The number of anilines is 1. The highest BCUT2D eigenvalue weighted by Gasteiger charge is 2.44. The van der Waals surface area contributed by atoms with Crippen molar-refractivity contribution in [2.75, 3.05) is 44.7 Å². The van der Waals surface area contributed by atoms with Crippen LogP contribution in [0.25, 0.3) is 0 Å². The maximum Gasteiger partial charge on any atom is 0.407 e. The molecule has 2 heterocycles. The molecule has 0 radical (unpaired) electrons. The van der Waals surface area contributed by atoms with E-state index in [0.29, 0.717) is 12.3 Å². The second-order valence-corrected chi connectivity index (χ2v) is 11.1. The second-order valence-electron chi connectivity index (χ2n) is 10.6. The largest absolute Gasteiger partial charge is 0.446 e. The molecule has 2 aromatic rings. The van der Waals surface area contributed by atoms with Crippen LogP contribution in [-0.4, -0.2) is 56.9 Å². The molecule has 2 aromatic carbocycles. The lowest BCUT2D eigenvalue weighted by atomic mass is 9.64. The summed E-state index contributed by atoms with van der Waals surface area (Å²) in [5.74, 6) is 0.901. The summed E-state index contributed by atoms with van der Waals surface area (Å²) in [6.07, 6.45) is 3.40. The van der Waals surface area contributed by atoms with Crippen molar-refractivity contribution in [3.8, 4) is 6.07 Å². The quantitative estimate of drug-likeness (QED) is 0.405. The van der Waals surface area contributed by atoms with Gasteiger partial charge in [0.05, 0.1) is 11.5 Å². The van der Waals surface area contributed by atoms with Crippen molar-refractivity contribution in [1.29, 1.82) is 5.26 Å². The summed E-state index contributed by atoms with van der Waals surface area (Å²) in [5.41, 5.74) is 1.64. The molecule has 0 aliphatic carbocycles. The van der Waals surface area contributed by atoms with Crippen molar-refractivity contribution < 1.29 is 9.53 Å². The number of carbonyl (C=O) groups is 1. The van der Waals surface area contributed by atoms with E-state index in [9.17, 15) is 10.1 Å². The highest BCUT2D eigenvalue weighted by molar-refractivity contribution is 7.80. The average molecular weight is 521 g/mol. The summed E-state index contributed by atoms with van der Waals surface area (Å²) < 4.78 is 5.74. The number of nitrogens with zero attached hydrogens (tertiary/aromatic N) is 3. The lowest BCUT2D eigenvalue weighted by molar-refractivity contribution is 0.0578. The van der Waals surface area contributed by atoms with E-state index >= 15 is 0 Å². The summed E-state index contributed by atoms with van der Waals surface area (Å²) >= 11 is 4.39. The van der Waals surface area contributed by atoms with E-state index in [-0.39, 0.29) is 12.0 Å². The predicted octanol–water partition coefficient (Wildman–Crippen LogP) is 5.50. The van der Waals surface area contributed by atoms with E-state index in [1.165, 1.54) is 5.69 Å². The third-order valence-corrected chi connectivity index (χ3v) is 8.40. The van der Waals surface area contributed by atoms with Gasteiger partial charge in [0.25, 0.3) is 0 Å². The monoisotopic (exact) mass is 520 g/mol. The summed E-state index contributed by atoms with van der Waals surface area (Å²) in [7, 11) is 1.58. The lowest BCUT2D eigenvalue weighted by Crippen LogP contribution is -2.53. The molecule has 2 atom stereocenters. The maximum absolute atomic E-state index is 12.1. The Labute approximate surface area is 227 Å². The highest BCUT2D eigenvalue weighted by atomic mass is 32.1. The van der Waals surface area contributed by atoms with Gasteiger partial charge in [-0.05, 0) is 68.1 Å². The van der Waals surface area contributed by atoms with Crippen molar-refractivity contribution in [2.45, 2.75) is 55.4 Å². The number of carbonyl (C=O) groups excluding carboxylic acids is 1. The maximum atomic E-state index is 12.1. The highest BCUT2D eigenvalue weighted by Crippen LogP contribution is 2.43. The van der Waals surface area contributed by atoms with Gasteiger partial charge in [-0.3, -0.25) is 0 Å². The Bertz CT molecular complexity index is 1040. The molecule has 1 unspecified atom stereocenters. The van der Waals surface area contributed by atoms with Crippen LogP contribution in [0.2, 0.25) is 0 Å². The van der Waals surface area contributed by atoms with E-state index in [0.717, 1.165) is 68.9 Å². The number of hydrogen-bond acceptors (Lipinski definition) is 6. The van der Waals surface area contributed by atoms with Crippen molar-refractivity contribution in [1.82, 2.24) is 10.2 Å². The zero-order valence-corrected chi connectivity index (χ0v) is 23.0. The minimum Gasteiger partial charge on any atom is -0.446 e. The number of benzene rings is 2. The van der Waals surface area contributed by atoms with E-state index in [1.54, 1.807) is 7.05 Å². The number of likely N-dealkylation sites (tertiary alicyclic amines) is 1. The molecule has 37 heavy (non-hydrogen) atoms. The van der Waals surface area contributed by atoms with Crippen LogP contribution in [0, 0.1) is 23.2 Å². The van der Waals surface area contributed by atoms with Crippen molar-refractivity contribution in [3.63, 3.8) is 0 Å². The van der Waals surface area contributed by atoms with Crippen molar-refractivity contribution >= 4 is 24.4 Å². The number of ether oxygens (including phenoxy) is 1. The molecule has 198 valence electrons. The summed E-state index contributed by atoms with van der Waals surface area (Å²) in [6.45, 7) is 7.38. The molecule has 2 fully saturated rings. The first-order valence-electron chi connectivity index (χ1n) is 13.6. The fourth-order valence-corrected chi connectivity index (χ4v) is 6.23. The Balaban J connectivity index is 1.39. The molecule has 0 spiro atoms. The first-order chi connectivity index (χ1) is 18.0. The third kappa shape index (κ3) is 6.61. The first-order valence-corrected chi connectivity index (χ1v) is 14.0. The summed E-state index contributed by atoms with van der Waals surface area (Å²) in [4.78, 5) is 18.1. The number of nitrogens with one attached hydrogen (secondary N) is 1. The molecule has 2 aliphatic rings. The molecular formula is C30H40N4O2S. The zero-order valence-electron chi connectivity index (χ0n) is 22.1. The van der Waals surface area contributed by atoms with Crippen molar-refractivity contribution in [2.24, 2.45) is 11.8 Å². The van der Waals surface area contributed by atoms with Crippen molar-refractivity contribution in [3.05, 3.63) is 60.2 Å². The van der Waals surface area contributed by atoms with Crippen LogP contribution < -0.4 is 10.2 Å². The smallest absolute Gasteiger partial charge is 0.407 e. The standard InChI is InChI=1S/C30H40N4O2S/c1-3-7-27(36-29(35)32-2)18-30(22-31,24-8-5-4-6-9-24)25-14-16-33(17-15-25)19-23-20-34(21-23)26-10-12-28(37)13-11-26/h4-6,8-13,23,25,27,37H,3,7,14-21H2,1-2H3,(H,32,35)/t27-,30?/m1/s1. The van der Waals surface area contributed by atoms with Crippen LogP contribution in [0.5, 0.6) is 0 Å². The summed E-state index contributed by atoms with van der Waals surface area (Å²) in [5, 5.41) is 13.2. The van der Waals surface area contributed by atoms with Crippen LogP contribution in [0.15, 0.2) is 59.5 Å². The molecule has 0 saturated carbocycles. The van der Waals surface area contributed by atoms with Gasteiger partial charge in [0, 0.05) is 49.6 Å². The Hall–Kier alpha value is -2.69. The number of amides is 1. The molecule has 1 amide bonds. The molecule has 2 aliphatic heterocycles. The Morgan fingerprint density at radius 1 is 1.16 bits per heavy atom. The Morgan fingerprint density at radius 2 is 1.84 bits per heavy atom. The number of alkyl carbamates (subject to hydrolysis) is 1. The average Bonchev–Trinajstić information content (AvgIpc) is 2.91. The fraction of sp³-hybridized carbons (Fsp3) is 0.533. The van der Waals surface area contributed by atoms with E-state index < -0.39 is 11.5 Å². The normalized spacial score (nSPS) is 19.4. The molecule has 6 nitrogen and oxygen atoms in total. The molecule has 0 bridgehead atoms. The van der Waals surface area contributed by atoms with Crippen LogP contribution in [0.1, 0.15) is 44.6 Å². The van der Waals surface area contributed by atoms with Gasteiger partial charge in [-0.25, -0.2) is 4.79 Å². The summed E-state index contributed by atoms with van der Waals surface area (Å²) in [6, 6.07) is 21.3. The van der Waals surface area contributed by atoms with Gasteiger partial charge in [-0.2, -0.15) is 5.26 Å². The molecule has 0 aromatic heterocycles. The first kappa shape index (κ1) is 27.3. The SMILES string of the molecule is CCC[C@H](CC(C#N)(c1ccccc1)C1CCN(CC2CN(c3ccc(S)cc3)C2)CC1)OC(=O)NC. The number of rotatable bonds is 10. The molecule has 7 heteroatoms. The number of piperidine rings is 1. The number of thiol groups is 1. The minimum absolute atomic E-state index is 0.224. The molecule has 2 saturated heterocycles. The van der Waals surface area contributed by atoms with Gasteiger partial charge in [-0.1, -0.05) is 43.7 Å². The van der Waals surface area contributed by atoms with E-state index in [1.807, 2.05) is 18.2 Å². The Kier molecular flexibility index (Phi) is 9.39. The zero-order chi connectivity index (χ0) is 26.3. The number of hydrogen-bond donors (Lipinski definition) is 2. The van der Waals surface area contributed by atoms with Gasteiger partial charge in [0.1, 0.15) is 6.10 Å². The van der Waals surface area contributed by atoms with Crippen LogP contribution in [0.4, 0.5) is 10.5 Å². The predicted molar refractivity (Wildman–Crippen MR) is 151 cm³/mol. The van der Waals surface area contributed by atoms with Gasteiger partial charge in [0.2, 0.25) is 0 Å².